The predicted molar refractivity (Wildman–Crippen MR) is 78.1 cm³/mol. The van der Waals surface area contributed by atoms with Crippen LogP contribution in [0.15, 0.2) is 41.3 Å². The van der Waals surface area contributed by atoms with Crippen molar-refractivity contribution in [3.8, 4) is 0 Å². The molecule has 0 bridgehead atoms. The topological polar surface area (TPSA) is 46.2 Å². The highest BCUT2D eigenvalue weighted by Gasteiger charge is 2.20. The first kappa shape index (κ1) is 14.8. The molecular formula is C14H13ClFNO2S. The van der Waals surface area contributed by atoms with Crippen LogP contribution in [0.1, 0.15) is 11.1 Å². The second-order valence-corrected chi connectivity index (χ2v) is 6.51. The van der Waals surface area contributed by atoms with Crippen molar-refractivity contribution >= 4 is 27.3 Å². The number of halogens is 2. The molecule has 0 heterocycles. The van der Waals surface area contributed by atoms with Crippen molar-refractivity contribution in [1.82, 2.24) is 0 Å². The molecule has 0 saturated carbocycles. The molecule has 0 radical (unpaired) electrons. The van der Waals surface area contributed by atoms with E-state index in [9.17, 15) is 12.8 Å². The van der Waals surface area contributed by atoms with E-state index in [0.29, 0.717) is 5.69 Å². The number of aryl methyl sites for hydroxylation is 2. The SMILES string of the molecule is Cc1cccc(C)c1NS(=O)(=O)c1cc(F)ccc1Cl. The van der Waals surface area contributed by atoms with E-state index in [2.05, 4.69) is 4.72 Å². The fourth-order valence-electron chi connectivity index (χ4n) is 1.85. The maximum Gasteiger partial charge on any atom is 0.263 e. The van der Waals surface area contributed by atoms with E-state index in [-0.39, 0.29) is 9.92 Å². The zero-order chi connectivity index (χ0) is 14.9. The molecule has 0 fully saturated rings. The van der Waals surface area contributed by atoms with E-state index in [1.54, 1.807) is 26.0 Å². The number of anilines is 1. The minimum atomic E-state index is -3.93. The Labute approximate surface area is 122 Å². The van der Waals surface area contributed by atoms with Gasteiger partial charge in [0.25, 0.3) is 10.0 Å². The van der Waals surface area contributed by atoms with E-state index in [0.717, 1.165) is 23.3 Å². The Balaban J connectivity index is 2.49. The van der Waals surface area contributed by atoms with Crippen molar-refractivity contribution in [2.24, 2.45) is 0 Å². The second-order valence-electron chi connectivity index (χ2n) is 4.45. The molecule has 0 atom stereocenters. The van der Waals surface area contributed by atoms with Gasteiger partial charge in [0.1, 0.15) is 10.7 Å². The molecule has 2 aromatic carbocycles. The molecule has 0 spiro atoms. The van der Waals surface area contributed by atoms with Crippen molar-refractivity contribution in [3.05, 3.63) is 58.4 Å². The summed E-state index contributed by atoms with van der Waals surface area (Å²) in [6, 6.07) is 8.64. The molecule has 0 aliphatic rings. The molecule has 0 unspecified atom stereocenters. The number of hydrogen-bond donors (Lipinski definition) is 1. The lowest BCUT2D eigenvalue weighted by Crippen LogP contribution is -2.15. The Bertz CT molecular complexity index is 740. The van der Waals surface area contributed by atoms with Gasteiger partial charge in [-0.05, 0) is 43.2 Å². The number of nitrogens with one attached hydrogen (secondary N) is 1. The highest BCUT2D eigenvalue weighted by atomic mass is 35.5. The van der Waals surface area contributed by atoms with Gasteiger partial charge >= 0.3 is 0 Å². The van der Waals surface area contributed by atoms with Crippen LogP contribution in [0.25, 0.3) is 0 Å². The molecule has 0 aliphatic carbocycles. The lowest BCUT2D eigenvalue weighted by atomic mass is 10.1. The zero-order valence-electron chi connectivity index (χ0n) is 10.9. The number of rotatable bonds is 3. The highest BCUT2D eigenvalue weighted by molar-refractivity contribution is 7.92. The summed E-state index contributed by atoms with van der Waals surface area (Å²) in [5, 5.41) is -0.0230. The molecule has 2 aromatic rings. The van der Waals surface area contributed by atoms with E-state index >= 15 is 0 Å². The van der Waals surface area contributed by atoms with Gasteiger partial charge in [0, 0.05) is 0 Å². The van der Waals surface area contributed by atoms with Crippen molar-refractivity contribution in [2.75, 3.05) is 4.72 Å². The summed E-state index contributed by atoms with van der Waals surface area (Å²) in [4.78, 5) is -0.276. The van der Waals surface area contributed by atoms with Crippen molar-refractivity contribution in [3.63, 3.8) is 0 Å². The van der Waals surface area contributed by atoms with Crippen LogP contribution in [-0.2, 0) is 10.0 Å². The molecule has 2 rings (SSSR count). The van der Waals surface area contributed by atoms with Crippen LogP contribution in [0.5, 0.6) is 0 Å². The summed E-state index contributed by atoms with van der Waals surface area (Å²) in [7, 11) is -3.93. The maximum atomic E-state index is 13.2. The third kappa shape index (κ3) is 2.94. The van der Waals surface area contributed by atoms with Gasteiger partial charge in [0.15, 0.2) is 0 Å². The van der Waals surface area contributed by atoms with Gasteiger partial charge in [-0.2, -0.15) is 0 Å². The van der Waals surface area contributed by atoms with Crippen LogP contribution in [-0.4, -0.2) is 8.42 Å². The fourth-order valence-corrected chi connectivity index (χ4v) is 3.56. The summed E-state index contributed by atoms with van der Waals surface area (Å²) >= 11 is 5.84. The number of benzene rings is 2. The van der Waals surface area contributed by atoms with Gasteiger partial charge in [0.05, 0.1) is 10.7 Å². The van der Waals surface area contributed by atoms with E-state index < -0.39 is 15.8 Å². The highest BCUT2D eigenvalue weighted by Crippen LogP contribution is 2.27. The molecule has 6 heteroatoms. The summed E-state index contributed by atoms with van der Waals surface area (Å²) in [6.45, 7) is 3.58. The van der Waals surface area contributed by atoms with Crippen LogP contribution in [0.4, 0.5) is 10.1 Å². The van der Waals surface area contributed by atoms with Crippen LogP contribution in [0.2, 0.25) is 5.02 Å². The van der Waals surface area contributed by atoms with Crippen molar-refractivity contribution in [2.45, 2.75) is 18.7 Å². The molecule has 0 amide bonds. The third-order valence-electron chi connectivity index (χ3n) is 2.90. The van der Waals surface area contributed by atoms with Gasteiger partial charge in [-0.25, -0.2) is 12.8 Å². The first-order valence-electron chi connectivity index (χ1n) is 5.85. The number of sulfonamides is 1. The standard InChI is InChI=1S/C14H13ClFNO2S/c1-9-4-3-5-10(2)14(9)17-20(18,19)13-8-11(16)6-7-12(13)15/h3-8,17H,1-2H3. The average molecular weight is 314 g/mol. The average Bonchev–Trinajstić information content (AvgIpc) is 2.37. The summed E-state index contributed by atoms with van der Waals surface area (Å²) in [5.74, 6) is -0.656. The number of hydrogen-bond acceptors (Lipinski definition) is 2. The van der Waals surface area contributed by atoms with Gasteiger partial charge in [-0.15, -0.1) is 0 Å². The fraction of sp³-hybridized carbons (Fsp3) is 0.143. The summed E-state index contributed by atoms with van der Waals surface area (Å²) in [5.41, 5.74) is 2.04. The van der Waals surface area contributed by atoms with Crippen molar-refractivity contribution in [1.29, 1.82) is 0 Å². The Morgan fingerprint density at radius 2 is 1.70 bits per heavy atom. The monoisotopic (exact) mass is 313 g/mol. The maximum absolute atomic E-state index is 13.2. The minimum Gasteiger partial charge on any atom is -0.279 e. The molecule has 0 aliphatic heterocycles. The normalized spacial score (nSPS) is 11.4. The van der Waals surface area contributed by atoms with E-state index in [1.165, 1.54) is 6.07 Å². The first-order chi connectivity index (χ1) is 9.31. The Kier molecular flexibility index (Phi) is 4.01. The van der Waals surface area contributed by atoms with Gasteiger partial charge in [0.2, 0.25) is 0 Å². The summed E-state index contributed by atoms with van der Waals surface area (Å²) < 4.78 is 40.3. The largest absolute Gasteiger partial charge is 0.279 e. The van der Waals surface area contributed by atoms with Gasteiger partial charge in [-0.3, -0.25) is 4.72 Å². The Morgan fingerprint density at radius 3 is 2.30 bits per heavy atom. The van der Waals surface area contributed by atoms with Gasteiger partial charge < -0.3 is 0 Å². The molecular weight excluding hydrogens is 301 g/mol. The first-order valence-corrected chi connectivity index (χ1v) is 7.71. The van der Waals surface area contributed by atoms with Crippen LogP contribution >= 0.6 is 11.6 Å². The minimum absolute atomic E-state index is 0.0230. The molecule has 0 aromatic heterocycles. The van der Waals surface area contributed by atoms with Crippen LogP contribution in [0, 0.1) is 19.7 Å². The number of para-hydroxylation sites is 1. The van der Waals surface area contributed by atoms with Crippen molar-refractivity contribution < 1.29 is 12.8 Å². The molecule has 20 heavy (non-hydrogen) atoms. The third-order valence-corrected chi connectivity index (χ3v) is 4.73. The van der Waals surface area contributed by atoms with Gasteiger partial charge in [-0.1, -0.05) is 29.8 Å². The molecule has 1 N–H and O–H groups in total. The second kappa shape index (κ2) is 5.42. The molecule has 3 nitrogen and oxygen atoms in total. The molecule has 106 valence electrons. The smallest absolute Gasteiger partial charge is 0.263 e. The zero-order valence-corrected chi connectivity index (χ0v) is 12.5. The quantitative estimate of drug-likeness (QED) is 0.934. The summed E-state index contributed by atoms with van der Waals surface area (Å²) in [6.07, 6.45) is 0. The Morgan fingerprint density at radius 1 is 1.10 bits per heavy atom. The van der Waals surface area contributed by atoms with Crippen LogP contribution in [0.3, 0.4) is 0 Å². The lowest BCUT2D eigenvalue weighted by molar-refractivity contribution is 0.595. The lowest BCUT2D eigenvalue weighted by Gasteiger charge is -2.14. The molecule has 0 saturated heterocycles. The van der Waals surface area contributed by atoms with Crippen LogP contribution < -0.4 is 4.72 Å². The van der Waals surface area contributed by atoms with E-state index in [1.807, 2.05) is 6.07 Å². The predicted octanol–water partition coefficient (Wildman–Crippen LogP) is 3.90. The van der Waals surface area contributed by atoms with E-state index in [4.69, 9.17) is 11.6 Å². The Hall–Kier alpha value is -1.59.